The van der Waals surface area contributed by atoms with Gasteiger partial charge in [0.05, 0.1) is 0 Å². The zero-order valence-corrected chi connectivity index (χ0v) is 9.90. The van der Waals surface area contributed by atoms with E-state index in [-0.39, 0.29) is 0 Å². The molecule has 0 N–H and O–H groups in total. The summed E-state index contributed by atoms with van der Waals surface area (Å²) in [6, 6.07) is 4.48. The zero-order chi connectivity index (χ0) is 11.0. The Labute approximate surface area is 100 Å². The molecular weight excluding hydrogens is 224 g/mol. The molecule has 3 heterocycles. The molecule has 2 aliphatic rings. The second-order valence-corrected chi connectivity index (χ2v) is 4.88. The predicted octanol–water partition coefficient (Wildman–Crippen LogP) is 1.41. The highest BCUT2D eigenvalue weighted by Crippen LogP contribution is 2.24. The number of nitrogens with zero attached hydrogens (tertiary/aromatic N) is 4. The Morgan fingerprint density at radius 2 is 2.12 bits per heavy atom. The normalized spacial score (nSPS) is 25.8. The minimum absolute atomic E-state index is 0.461. The first kappa shape index (κ1) is 10.3. The summed E-state index contributed by atoms with van der Waals surface area (Å²) in [5.41, 5.74) is 0. The Balaban J connectivity index is 1.74. The van der Waals surface area contributed by atoms with Gasteiger partial charge in [-0.1, -0.05) is 11.6 Å². The molecule has 0 radical (unpaired) electrons. The number of hydrogen-bond acceptors (Lipinski definition) is 4. The Morgan fingerprint density at radius 3 is 2.94 bits per heavy atom. The molecule has 5 heteroatoms. The lowest BCUT2D eigenvalue weighted by Gasteiger charge is -2.37. The van der Waals surface area contributed by atoms with Crippen molar-refractivity contribution in [2.45, 2.75) is 18.9 Å². The van der Waals surface area contributed by atoms with Crippen molar-refractivity contribution in [3.63, 3.8) is 0 Å². The van der Waals surface area contributed by atoms with E-state index in [4.69, 9.17) is 11.6 Å². The number of anilines is 1. The van der Waals surface area contributed by atoms with E-state index >= 15 is 0 Å². The molecule has 0 spiro atoms. The van der Waals surface area contributed by atoms with Gasteiger partial charge in [0.2, 0.25) is 0 Å². The van der Waals surface area contributed by atoms with Crippen LogP contribution >= 0.6 is 11.6 Å². The number of fused-ring (bicyclic) bond motifs is 1. The highest BCUT2D eigenvalue weighted by Gasteiger charge is 2.30. The Hall–Kier alpha value is -0.870. The van der Waals surface area contributed by atoms with Crippen LogP contribution < -0.4 is 4.90 Å². The molecule has 0 amide bonds. The van der Waals surface area contributed by atoms with E-state index in [1.54, 1.807) is 0 Å². The minimum Gasteiger partial charge on any atom is -0.352 e. The molecule has 1 atom stereocenters. The molecule has 2 aliphatic heterocycles. The summed E-state index contributed by atoms with van der Waals surface area (Å²) < 4.78 is 0. The largest absolute Gasteiger partial charge is 0.352 e. The van der Waals surface area contributed by atoms with E-state index in [1.807, 2.05) is 12.1 Å². The third kappa shape index (κ3) is 1.87. The zero-order valence-electron chi connectivity index (χ0n) is 9.14. The van der Waals surface area contributed by atoms with Gasteiger partial charge >= 0.3 is 0 Å². The quantitative estimate of drug-likeness (QED) is 0.741. The Kier molecular flexibility index (Phi) is 2.69. The topological polar surface area (TPSA) is 32.3 Å². The second kappa shape index (κ2) is 4.18. The molecular formula is C11H15ClN4. The molecule has 3 rings (SSSR count). The van der Waals surface area contributed by atoms with Gasteiger partial charge in [-0.3, -0.25) is 4.90 Å². The van der Waals surface area contributed by atoms with Gasteiger partial charge in [-0.25, -0.2) is 0 Å². The number of rotatable bonds is 1. The van der Waals surface area contributed by atoms with Gasteiger partial charge in [0.25, 0.3) is 0 Å². The van der Waals surface area contributed by atoms with E-state index in [9.17, 15) is 0 Å². The SMILES string of the molecule is Clc1ccc(N2CCN3CCCC3C2)nn1. The minimum atomic E-state index is 0.461. The van der Waals surface area contributed by atoms with Gasteiger partial charge in [0.1, 0.15) is 0 Å². The lowest BCUT2D eigenvalue weighted by molar-refractivity contribution is 0.230. The van der Waals surface area contributed by atoms with Crippen LogP contribution in [0.25, 0.3) is 0 Å². The van der Waals surface area contributed by atoms with Crippen molar-refractivity contribution in [2.75, 3.05) is 31.1 Å². The lowest BCUT2D eigenvalue weighted by Crippen LogP contribution is -2.50. The van der Waals surface area contributed by atoms with Crippen LogP contribution in [0.15, 0.2) is 12.1 Å². The molecule has 2 saturated heterocycles. The van der Waals surface area contributed by atoms with Crippen LogP contribution in [0.3, 0.4) is 0 Å². The molecule has 1 aromatic rings. The molecule has 2 fully saturated rings. The van der Waals surface area contributed by atoms with Crippen molar-refractivity contribution in [2.24, 2.45) is 0 Å². The number of aromatic nitrogens is 2. The van der Waals surface area contributed by atoms with Crippen molar-refractivity contribution in [3.05, 3.63) is 17.3 Å². The van der Waals surface area contributed by atoms with Crippen LogP contribution in [0.4, 0.5) is 5.82 Å². The van der Waals surface area contributed by atoms with Gasteiger partial charge in [-0.15, -0.1) is 10.2 Å². The molecule has 0 saturated carbocycles. The van der Waals surface area contributed by atoms with Crippen molar-refractivity contribution >= 4 is 17.4 Å². The Bertz CT molecular complexity index is 367. The van der Waals surface area contributed by atoms with Crippen LogP contribution in [0.5, 0.6) is 0 Å². The van der Waals surface area contributed by atoms with Crippen LogP contribution in [-0.4, -0.2) is 47.3 Å². The van der Waals surface area contributed by atoms with Gasteiger partial charge < -0.3 is 4.90 Å². The van der Waals surface area contributed by atoms with E-state index in [1.165, 1.54) is 19.4 Å². The molecule has 0 bridgehead atoms. The highest BCUT2D eigenvalue weighted by atomic mass is 35.5. The fraction of sp³-hybridized carbons (Fsp3) is 0.636. The standard InChI is InChI=1S/C11H15ClN4/c12-10-3-4-11(14-13-10)16-7-6-15-5-1-2-9(15)8-16/h3-4,9H,1-2,5-8H2. The van der Waals surface area contributed by atoms with Crippen LogP contribution in [0.2, 0.25) is 5.15 Å². The maximum atomic E-state index is 5.74. The summed E-state index contributed by atoms with van der Waals surface area (Å²) in [6.07, 6.45) is 2.66. The number of halogens is 1. The average Bonchev–Trinajstić information content (AvgIpc) is 2.77. The summed E-state index contributed by atoms with van der Waals surface area (Å²) in [4.78, 5) is 4.90. The van der Waals surface area contributed by atoms with Crippen LogP contribution in [0, 0.1) is 0 Å². The second-order valence-electron chi connectivity index (χ2n) is 4.49. The van der Waals surface area contributed by atoms with Crippen molar-refractivity contribution < 1.29 is 0 Å². The maximum absolute atomic E-state index is 5.74. The van der Waals surface area contributed by atoms with E-state index in [0.29, 0.717) is 11.2 Å². The van der Waals surface area contributed by atoms with Crippen molar-refractivity contribution in [1.29, 1.82) is 0 Å². The number of piperazine rings is 1. The fourth-order valence-electron chi connectivity index (χ4n) is 2.68. The first-order valence-electron chi connectivity index (χ1n) is 5.81. The summed E-state index contributed by atoms with van der Waals surface area (Å²) in [7, 11) is 0. The van der Waals surface area contributed by atoms with E-state index < -0.39 is 0 Å². The van der Waals surface area contributed by atoms with Gasteiger partial charge in [-0.05, 0) is 31.5 Å². The summed E-state index contributed by atoms with van der Waals surface area (Å²) in [5, 5.41) is 8.50. The molecule has 16 heavy (non-hydrogen) atoms. The predicted molar refractivity (Wildman–Crippen MR) is 63.9 cm³/mol. The lowest BCUT2D eigenvalue weighted by atomic mass is 10.1. The smallest absolute Gasteiger partial charge is 0.151 e. The average molecular weight is 239 g/mol. The molecule has 1 aromatic heterocycles. The van der Waals surface area contributed by atoms with Gasteiger partial charge in [0.15, 0.2) is 11.0 Å². The molecule has 4 nitrogen and oxygen atoms in total. The van der Waals surface area contributed by atoms with Crippen molar-refractivity contribution in [1.82, 2.24) is 15.1 Å². The van der Waals surface area contributed by atoms with Crippen LogP contribution in [-0.2, 0) is 0 Å². The third-order valence-electron chi connectivity index (χ3n) is 3.53. The first-order chi connectivity index (χ1) is 7.83. The molecule has 0 aromatic carbocycles. The monoisotopic (exact) mass is 238 g/mol. The number of hydrogen-bond donors (Lipinski definition) is 0. The van der Waals surface area contributed by atoms with Crippen LogP contribution in [0.1, 0.15) is 12.8 Å². The van der Waals surface area contributed by atoms with E-state index in [2.05, 4.69) is 20.0 Å². The van der Waals surface area contributed by atoms with Crippen molar-refractivity contribution in [3.8, 4) is 0 Å². The first-order valence-corrected chi connectivity index (χ1v) is 6.19. The molecule has 1 unspecified atom stereocenters. The summed E-state index contributed by atoms with van der Waals surface area (Å²) in [5.74, 6) is 0.955. The highest BCUT2D eigenvalue weighted by molar-refractivity contribution is 6.29. The summed E-state index contributed by atoms with van der Waals surface area (Å²) in [6.45, 7) is 4.54. The molecule has 86 valence electrons. The maximum Gasteiger partial charge on any atom is 0.151 e. The fourth-order valence-corrected chi connectivity index (χ4v) is 2.78. The van der Waals surface area contributed by atoms with Gasteiger partial charge in [-0.2, -0.15) is 0 Å². The molecule has 0 aliphatic carbocycles. The Morgan fingerprint density at radius 1 is 1.19 bits per heavy atom. The van der Waals surface area contributed by atoms with Gasteiger partial charge in [0, 0.05) is 25.7 Å². The third-order valence-corrected chi connectivity index (χ3v) is 3.73. The summed E-state index contributed by atoms with van der Waals surface area (Å²) >= 11 is 5.74. The van der Waals surface area contributed by atoms with E-state index in [0.717, 1.165) is 25.5 Å².